The van der Waals surface area contributed by atoms with Crippen molar-refractivity contribution in [3.05, 3.63) is 23.7 Å². The van der Waals surface area contributed by atoms with Crippen LogP contribution in [0.3, 0.4) is 0 Å². The molecule has 2 rings (SSSR count). The van der Waals surface area contributed by atoms with E-state index in [0.717, 1.165) is 11.3 Å². The summed E-state index contributed by atoms with van der Waals surface area (Å²) in [6.07, 6.45) is 0. The molecule has 0 aliphatic rings. The van der Waals surface area contributed by atoms with Gasteiger partial charge in [-0.05, 0) is 19.1 Å². The summed E-state index contributed by atoms with van der Waals surface area (Å²) >= 11 is 0. The standard InChI is InChI=1S/C9H13N5O/c1-7-2-3-8-11-12-9(14(8)13-7)6-15-5-4-10/h2-3H,4-6,10H2,1H3. The maximum atomic E-state index is 5.32. The molecule has 0 fully saturated rings. The predicted molar refractivity (Wildman–Crippen MR) is 54.2 cm³/mol. The monoisotopic (exact) mass is 207 g/mol. The lowest BCUT2D eigenvalue weighted by Gasteiger charge is -2.00. The van der Waals surface area contributed by atoms with E-state index in [1.807, 2.05) is 19.1 Å². The number of hydrogen-bond acceptors (Lipinski definition) is 5. The zero-order valence-electron chi connectivity index (χ0n) is 8.55. The van der Waals surface area contributed by atoms with Crippen molar-refractivity contribution in [2.45, 2.75) is 13.5 Å². The van der Waals surface area contributed by atoms with Crippen LogP contribution in [0, 0.1) is 6.92 Å². The van der Waals surface area contributed by atoms with Gasteiger partial charge in [0.2, 0.25) is 0 Å². The fraction of sp³-hybridized carbons (Fsp3) is 0.444. The van der Waals surface area contributed by atoms with Gasteiger partial charge in [0.05, 0.1) is 12.3 Å². The normalized spacial score (nSPS) is 11.1. The highest BCUT2D eigenvalue weighted by Crippen LogP contribution is 2.03. The van der Waals surface area contributed by atoms with Gasteiger partial charge in [-0.2, -0.15) is 9.61 Å². The van der Waals surface area contributed by atoms with Crippen LogP contribution in [-0.4, -0.2) is 33.0 Å². The largest absolute Gasteiger partial charge is 0.372 e. The van der Waals surface area contributed by atoms with Crippen LogP contribution in [0.2, 0.25) is 0 Å². The van der Waals surface area contributed by atoms with Crippen LogP contribution in [-0.2, 0) is 11.3 Å². The van der Waals surface area contributed by atoms with E-state index in [0.29, 0.717) is 25.6 Å². The Kier molecular flexibility index (Phi) is 2.89. The van der Waals surface area contributed by atoms with Gasteiger partial charge in [-0.3, -0.25) is 0 Å². The Hall–Kier alpha value is -1.53. The first kappa shape index (κ1) is 10.0. The van der Waals surface area contributed by atoms with Gasteiger partial charge in [0.15, 0.2) is 11.5 Å². The summed E-state index contributed by atoms with van der Waals surface area (Å²) < 4.78 is 6.97. The molecule has 0 spiro atoms. The van der Waals surface area contributed by atoms with Gasteiger partial charge < -0.3 is 10.5 Å². The Balaban J connectivity index is 2.23. The summed E-state index contributed by atoms with van der Waals surface area (Å²) in [6, 6.07) is 3.77. The predicted octanol–water partition coefficient (Wildman–Crippen LogP) is -0.0920. The van der Waals surface area contributed by atoms with Crippen LogP contribution in [0.4, 0.5) is 0 Å². The first-order chi connectivity index (χ1) is 7.31. The minimum atomic E-state index is 0.384. The van der Waals surface area contributed by atoms with E-state index in [1.54, 1.807) is 4.52 Å². The third-order valence-electron chi connectivity index (χ3n) is 1.95. The van der Waals surface area contributed by atoms with E-state index < -0.39 is 0 Å². The first-order valence-corrected chi connectivity index (χ1v) is 4.77. The molecule has 0 amide bonds. The number of nitrogens with two attached hydrogens (primary N) is 1. The van der Waals surface area contributed by atoms with Crippen molar-refractivity contribution in [1.82, 2.24) is 19.8 Å². The fourth-order valence-corrected chi connectivity index (χ4v) is 1.26. The van der Waals surface area contributed by atoms with Gasteiger partial charge in [0.25, 0.3) is 0 Å². The Morgan fingerprint density at radius 1 is 1.40 bits per heavy atom. The van der Waals surface area contributed by atoms with Crippen molar-refractivity contribution in [2.75, 3.05) is 13.2 Å². The maximum Gasteiger partial charge on any atom is 0.180 e. The number of aryl methyl sites for hydroxylation is 1. The van der Waals surface area contributed by atoms with Gasteiger partial charge in [-0.25, -0.2) is 0 Å². The molecule has 2 N–H and O–H groups in total. The minimum absolute atomic E-state index is 0.384. The lowest BCUT2D eigenvalue weighted by atomic mass is 10.4. The molecule has 2 aromatic rings. The van der Waals surface area contributed by atoms with Crippen LogP contribution in [0.25, 0.3) is 5.65 Å². The van der Waals surface area contributed by atoms with E-state index in [1.165, 1.54) is 0 Å². The van der Waals surface area contributed by atoms with E-state index in [2.05, 4.69) is 15.3 Å². The number of aromatic nitrogens is 4. The van der Waals surface area contributed by atoms with Crippen LogP contribution < -0.4 is 5.73 Å². The lowest BCUT2D eigenvalue weighted by molar-refractivity contribution is 0.121. The lowest BCUT2D eigenvalue weighted by Crippen LogP contribution is -2.10. The summed E-state index contributed by atoms with van der Waals surface area (Å²) in [4.78, 5) is 0. The molecule has 2 heterocycles. The summed E-state index contributed by atoms with van der Waals surface area (Å²) in [5.74, 6) is 0.696. The third-order valence-corrected chi connectivity index (χ3v) is 1.95. The summed E-state index contributed by atoms with van der Waals surface area (Å²) in [5, 5.41) is 12.3. The van der Waals surface area contributed by atoms with Crippen LogP contribution >= 0.6 is 0 Å². The zero-order chi connectivity index (χ0) is 10.7. The molecule has 0 saturated heterocycles. The number of rotatable bonds is 4. The number of nitrogens with zero attached hydrogens (tertiary/aromatic N) is 4. The Labute approximate surface area is 87.1 Å². The molecule has 80 valence electrons. The van der Waals surface area contributed by atoms with Gasteiger partial charge >= 0.3 is 0 Å². The highest BCUT2D eigenvalue weighted by molar-refractivity contribution is 5.35. The van der Waals surface area contributed by atoms with Crippen molar-refractivity contribution in [1.29, 1.82) is 0 Å². The van der Waals surface area contributed by atoms with E-state index in [9.17, 15) is 0 Å². The number of hydrogen-bond donors (Lipinski definition) is 1. The fourth-order valence-electron chi connectivity index (χ4n) is 1.26. The van der Waals surface area contributed by atoms with Gasteiger partial charge in [-0.15, -0.1) is 10.2 Å². The highest BCUT2D eigenvalue weighted by atomic mass is 16.5. The van der Waals surface area contributed by atoms with Crippen molar-refractivity contribution < 1.29 is 4.74 Å². The van der Waals surface area contributed by atoms with Gasteiger partial charge in [-0.1, -0.05) is 0 Å². The molecule has 0 radical (unpaired) electrons. The van der Waals surface area contributed by atoms with Crippen molar-refractivity contribution in [2.24, 2.45) is 5.73 Å². The van der Waals surface area contributed by atoms with Crippen LogP contribution in [0.1, 0.15) is 11.5 Å². The second-order valence-corrected chi connectivity index (χ2v) is 3.20. The minimum Gasteiger partial charge on any atom is -0.372 e. The second-order valence-electron chi connectivity index (χ2n) is 3.20. The molecule has 0 aliphatic carbocycles. The Bertz CT molecular complexity index is 453. The average molecular weight is 207 g/mol. The molecule has 0 aliphatic heterocycles. The summed E-state index contributed by atoms with van der Waals surface area (Å²) in [7, 11) is 0. The molecule has 6 nitrogen and oxygen atoms in total. The van der Waals surface area contributed by atoms with Gasteiger partial charge in [0.1, 0.15) is 6.61 Å². The van der Waals surface area contributed by atoms with Crippen molar-refractivity contribution in [3.63, 3.8) is 0 Å². The molecule has 2 aromatic heterocycles. The number of fused-ring (bicyclic) bond motifs is 1. The van der Waals surface area contributed by atoms with E-state index >= 15 is 0 Å². The summed E-state index contributed by atoms with van der Waals surface area (Å²) in [6.45, 7) is 3.32. The molecule has 15 heavy (non-hydrogen) atoms. The van der Waals surface area contributed by atoms with E-state index in [-0.39, 0.29) is 0 Å². The van der Waals surface area contributed by atoms with Crippen LogP contribution in [0.15, 0.2) is 12.1 Å². The summed E-state index contributed by atoms with van der Waals surface area (Å²) in [5.41, 5.74) is 6.97. The Morgan fingerprint density at radius 2 is 2.27 bits per heavy atom. The maximum absolute atomic E-state index is 5.32. The van der Waals surface area contributed by atoms with Crippen molar-refractivity contribution in [3.8, 4) is 0 Å². The average Bonchev–Trinajstić information content (AvgIpc) is 2.62. The van der Waals surface area contributed by atoms with Gasteiger partial charge in [0, 0.05) is 6.54 Å². The third kappa shape index (κ3) is 2.11. The highest BCUT2D eigenvalue weighted by Gasteiger charge is 2.05. The molecule has 0 aromatic carbocycles. The quantitative estimate of drug-likeness (QED) is 0.709. The molecule has 0 saturated carbocycles. The Morgan fingerprint density at radius 3 is 3.07 bits per heavy atom. The molecule has 0 unspecified atom stereocenters. The molecule has 6 heteroatoms. The van der Waals surface area contributed by atoms with Crippen LogP contribution in [0.5, 0.6) is 0 Å². The zero-order valence-corrected chi connectivity index (χ0v) is 8.55. The first-order valence-electron chi connectivity index (χ1n) is 4.77. The molecular formula is C9H13N5O. The SMILES string of the molecule is Cc1ccc2nnc(COCCN)n2n1. The van der Waals surface area contributed by atoms with E-state index in [4.69, 9.17) is 10.5 Å². The molecule has 0 bridgehead atoms. The number of ether oxygens (including phenoxy) is 1. The molecular weight excluding hydrogens is 194 g/mol. The molecule has 0 atom stereocenters. The smallest absolute Gasteiger partial charge is 0.180 e. The second kappa shape index (κ2) is 4.33. The van der Waals surface area contributed by atoms with Crippen molar-refractivity contribution >= 4 is 5.65 Å². The topological polar surface area (TPSA) is 78.3 Å².